The van der Waals surface area contributed by atoms with Crippen LogP contribution in [0.3, 0.4) is 0 Å². The second kappa shape index (κ2) is 5.58. The van der Waals surface area contributed by atoms with Crippen LogP contribution in [0.4, 0.5) is 0 Å². The number of fused-ring (bicyclic) bond motifs is 1. The second-order valence-corrected chi connectivity index (χ2v) is 6.26. The van der Waals surface area contributed by atoms with Gasteiger partial charge in [-0.1, -0.05) is 60.7 Å². The van der Waals surface area contributed by atoms with E-state index < -0.39 is 0 Å². The van der Waals surface area contributed by atoms with Crippen LogP contribution in [-0.4, -0.2) is 29.5 Å². The molecule has 0 radical (unpaired) electrons. The number of β-lactam (4-membered cyclic amide) rings is 1. The molecular formula is C20H19NO2. The average Bonchev–Trinajstić information content (AvgIpc) is 2.88. The zero-order chi connectivity index (χ0) is 15.8. The van der Waals surface area contributed by atoms with Gasteiger partial charge in [0.25, 0.3) is 5.91 Å². The van der Waals surface area contributed by atoms with Crippen molar-refractivity contribution in [2.24, 2.45) is 5.92 Å². The van der Waals surface area contributed by atoms with E-state index in [-0.39, 0.29) is 24.0 Å². The molecule has 0 bridgehead atoms. The molecule has 4 rings (SSSR count). The molecular weight excluding hydrogens is 286 g/mol. The highest BCUT2D eigenvalue weighted by Gasteiger charge is 2.57. The number of para-hydroxylation sites is 1. The van der Waals surface area contributed by atoms with Crippen molar-refractivity contribution in [1.29, 1.82) is 0 Å². The number of rotatable bonds is 4. The molecule has 0 spiro atoms. The van der Waals surface area contributed by atoms with Crippen LogP contribution < -0.4 is 4.74 Å². The summed E-state index contributed by atoms with van der Waals surface area (Å²) in [6, 6.07) is 20.1. The molecule has 2 saturated heterocycles. The lowest BCUT2D eigenvalue weighted by Crippen LogP contribution is -2.65. The van der Waals surface area contributed by atoms with Gasteiger partial charge in [-0.15, -0.1) is 0 Å². The lowest BCUT2D eigenvalue weighted by molar-refractivity contribution is -0.161. The number of ether oxygens (including phenoxy) is 1. The monoisotopic (exact) mass is 305 g/mol. The molecule has 3 nitrogen and oxygen atoms in total. The molecule has 2 aromatic carbocycles. The Labute approximate surface area is 136 Å². The van der Waals surface area contributed by atoms with Crippen LogP contribution in [0.15, 0.2) is 72.8 Å². The van der Waals surface area contributed by atoms with Crippen LogP contribution in [0.1, 0.15) is 5.56 Å². The molecule has 0 N–H and O–H groups in total. The molecule has 2 aromatic rings. The lowest BCUT2D eigenvalue weighted by Gasteiger charge is -2.44. The predicted octanol–water partition coefficient (Wildman–Crippen LogP) is 3.07. The van der Waals surface area contributed by atoms with Crippen molar-refractivity contribution in [2.75, 3.05) is 6.54 Å². The summed E-state index contributed by atoms with van der Waals surface area (Å²) < 4.78 is 5.96. The third-order valence-electron chi connectivity index (χ3n) is 4.81. The highest BCUT2D eigenvalue weighted by atomic mass is 16.5. The summed E-state index contributed by atoms with van der Waals surface area (Å²) in [5.74, 6) is 1.10. The van der Waals surface area contributed by atoms with Crippen LogP contribution in [-0.2, 0) is 11.2 Å². The maximum atomic E-state index is 12.4. The van der Waals surface area contributed by atoms with Crippen molar-refractivity contribution >= 4 is 5.91 Å². The van der Waals surface area contributed by atoms with E-state index >= 15 is 0 Å². The highest BCUT2D eigenvalue weighted by Crippen LogP contribution is 2.41. The highest BCUT2D eigenvalue weighted by molar-refractivity contribution is 5.90. The summed E-state index contributed by atoms with van der Waals surface area (Å²) in [4.78, 5) is 14.3. The first kappa shape index (κ1) is 14.1. The molecule has 116 valence electrons. The Bertz CT molecular complexity index is 724. The Morgan fingerprint density at radius 2 is 1.70 bits per heavy atom. The normalized spacial score (nSPS) is 25.9. The number of hydrogen-bond acceptors (Lipinski definition) is 2. The second-order valence-electron chi connectivity index (χ2n) is 6.26. The van der Waals surface area contributed by atoms with Gasteiger partial charge >= 0.3 is 0 Å². The molecule has 3 atom stereocenters. The van der Waals surface area contributed by atoms with Gasteiger partial charge in [0, 0.05) is 12.5 Å². The summed E-state index contributed by atoms with van der Waals surface area (Å²) in [7, 11) is 0. The average molecular weight is 305 g/mol. The maximum Gasteiger partial charge on any atom is 0.266 e. The molecule has 0 aromatic heterocycles. The van der Waals surface area contributed by atoms with Crippen molar-refractivity contribution in [2.45, 2.75) is 18.6 Å². The zero-order valence-electron chi connectivity index (χ0n) is 12.9. The van der Waals surface area contributed by atoms with Crippen molar-refractivity contribution in [3.8, 4) is 5.75 Å². The fraction of sp³-hybridized carbons (Fsp3) is 0.250. The Morgan fingerprint density at radius 1 is 1.04 bits per heavy atom. The van der Waals surface area contributed by atoms with E-state index in [1.165, 1.54) is 5.56 Å². The number of carbonyl (C=O) groups is 1. The van der Waals surface area contributed by atoms with Gasteiger partial charge in [0.2, 0.25) is 0 Å². The summed E-state index contributed by atoms with van der Waals surface area (Å²) in [6.45, 7) is 4.86. The minimum atomic E-state index is -0.384. The molecule has 2 aliphatic rings. The van der Waals surface area contributed by atoms with Crippen LogP contribution in [0, 0.1) is 5.92 Å². The molecule has 1 amide bonds. The molecule has 0 aliphatic carbocycles. The fourth-order valence-electron chi connectivity index (χ4n) is 3.63. The van der Waals surface area contributed by atoms with Crippen LogP contribution in [0.25, 0.3) is 0 Å². The first-order valence-electron chi connectivity index (χ1n) is 7.98. The summed E-state index contributed by atoms with van der Waals surface area (Å²) in [5, 5.41) is 0. The summed E-state index contributed by atoms with van der Waals surface area (Å²) in [6.07, 6.45) is 0.522. The van der Waals surface area contributed by atoms with Gasteiger partial charge in [0.15, 0.2) is 6.10 Å². The molecule has 2 heterocycles. The van der Waals surface area contributed by atoms with Crippen molar-refractivity contribution in [3.63, 3.8) is 0 Å². The Morgan fingerprint density at radius 3 is 2.39 bits per heavy atom. The van der Waals surface area contributed by atoms with Gasteiger partial charge < -0.3 is 9.64 Å². The minimum Gasteiger partial charge on any atom is -0.478 e. The van der Waals surface area contributed by atoms with Gasteiger partial charge in [0.1, 0.15) is 5.75 Å². The Kier molecular flexibility index (Phi) is 3.41. The first-order chi connectivity index (χ1) is 11.2. The van der Waals surface area contributed by atoms with Crippen LogP contribution >= 0.6 is 0 Å². The molecule has 3 heteroatoms. The largest absolute Gasteiger partial charge is 0.478 e. The lowest BCUT2D eigenvalue weighted by atomic mass is 9.83. The van der Waals surface area contributed by atoms with Gasteiger partial charge in [-0.3, -0.25) is 4.79 Å². The number of carbonyl (C=O) groups excluding carboxylic acids is 1. The molecule has 2 aliphatic heterocycles. The van der Waals surface area contributed by atoms with E-state index in [1.807, 2.05) is 41.3 Å². The molecule has 0 unspecified atom stereocenters. The standard InChI is InChI=1S/C20H19NO2/c1-14-13-21-18(17(14)12-15-8-4-2-5-9-15)19(20(21)22)23-16-10-6-3-7-11-16/h2-11,17-19H,1,12-13H2/t17-,18-,19+/m0/s1. The van der Waals surface area contributed by atoms with Gasteiger partial charge in [0.05, 0.1) is 6.04 Å². The molecule has 0 saturated carbocycles. The van der Waals surface area contributed by atoms with E-state index in [2.05, 4.69) is 30.8 Å². The SMILES string of the molecule is C=C1CN2C(=O)[C@H](Oc3ccccc3)[C@@H]2[C@H]1Cc1ccccc1. The zero-order valence-corrected chi connectivity index (χ0v) is 12.9. The van der Waals surface area contributed by atoms with Crippen molar-refractivity contribution < 1.29 is 9.53 Å². The Hall–Kier alpha value is -2.55. The maximum absolute atomic E-state index is 12.4. The number of nitrogens with zero attached hydrogens (tertiary/aromatic N) is 1. The fourth-order valence-corrected chi connectivity index (χ4v) is 3.63. The minimum absolute atomic E-state index is 0.0792. The predicted molar refractivity (Wildman–Crippen MR) is 89.1 cm³/mol. The van der Waals surface area contributed by atoms with Crippen LogP contribution in [0.5, 0.6) is 5.75 Å². The van der Waals surface area contributed by atoms with E-state index in [9.17, 15) is 4.79 Å². The van der Waals surface area contributed by atoms with Crippen molar-refractivity contribution in [1.82, 2.24) is 4.90 Å². The molecule has 2 fully saturated rings. The third-order valence-corrected chi connectivity index (χ3v) is 4.81. The quantitative estimate of drug-likeness (QED) is 0.642. The van der Waals surface area contributed by atoms with E-state index in [0.29, 0.717) is 6.54 Å². The number of hydrogen-bond donors (Lipinski definition) is 0. The topological polar surface area (TPSA) is 29.5 Å². The Balaban J connectivity index is 1.54. The van der Waals surface area contributed by atoms with Gasteiger partial charge in [-0.2, -0.15) is 0 Å². The summed E-state index contributed by atoms with van der Waals surface area (Å²) in [5.41, 5.74) is 2.41. The van der Waals surface area contributed by atoms with E-state index in [1.54, 1.807) is 0 Å². The number of amides is 1. The van der Waals surface area contributed by atoms with Gasteiger partial charge in [-0.05, 0) is 24.1 Å². The first-order valence-corrected chi connectivity index (χ1v) is 7.98. The number of benzene rings is 2. The van der Waals surface area contributed by atoms with Crippen LogP contribution in [0.2, 0.25) is 0 Å². The van der Waals surface area contributed by atoms with Crippen molar-refractivity contribution in [3.05, 3.63) is 78.4 Å². The summed E-state index contributed by atoms with van der Waals surface area (Å²) >= 11 is 0. The third kappa shape index (κ3) is 2.42. The van der Waals surface area contributed by atoms with E-state index in [4.69, 9.17) is 4.74 Å². The smallest absolute Gasteiger partial charge is 0.266 e. The molecule has 23 heavy (non-hydrogen) atoms. The van der Waals surface area contributed by atoms with E-state index in [0.717, 1.165) is 17.7 Å². The van der Waals surface area contributed by atoms with Gasteiger partial charge in [-0.25, -0.2) is 0 Å².